The molecule has 0 aromatic heterocycles. The summed E-state index contributed by atoms with van der Waals surface area (Å²) in [5.41, 5.74) is 0.163. The summed E-state index contributed by atoms with van der Waals surface area (Å²) in [4.78, 5) is 24.5. The fourth-order valence-electron chi connectivity index (χ4n) is 2.52. The van der Waals surface area contributed by atoms with E-state index in [1.165, 1.54) is 0 Å². The average Bonchev–Trinajstić information content (AvgIpc) is 2.88. The van der Waals surface area contributed by atoms with E-state index in [9.17, 15) is 14.7 Å². The van der Waals surface area contributed by atoms with Crippen LogP contribution < -0.4 is 39.4 Å². The molecular weight excluding hydrogens is 343 g/mol. The number of carbonyl (C=O) groups excluding carboxylic acids is 2. The Kier molecular flexibility index (Phi) is 5.96. The minimum Gasteiger partial charge on any atom is -0.543 e. The van der Waals surface area contributed by atoms with Gasteiger partial charge in [0.15, 0.2) is 5.09 Å². The molecule has 1 amide bonds. The van der Waals surface area contributed by atoms with Gasteiger partial charge < -0.3 is 19.7 Å². The first-order chi connectivity index (χ1) is 11.1. The van der Waals surface area contributed by atoms with Gasteiger partial charge in [-0.2, -0.15) is 5.26 Å². The van der Waals surface area contributed by atoms with Crippen LogP contribution >= 0.6 is 11.8 Å². The Morgan fingerprint density at radius 2 is 2.08 bits per heavy atom. The van der Waals surface area contributed by atoms with Crippen LogP contribution in [0.4, 0.5) is 0 Å². The minimum atomic E-state index is -1.49. The summed E-state index contributed by atoms with van der Waals surface area (Å²) in [5.74, 6) is -1.91. The SMILES string of the molecule is N#Cc1ccc(OC2=C(C(=O)[O-])N3C(=O)[C@H](CCO)[C@H]3S2)cc1.[Na+]. The van der Waals surface area contributed by atoms with Gasteiger partial charge in [-0.05, 0) is 30.7 Å². The molecule has 0 saturated carbocycles. The average molecular weight is 354 g/mol. The van der Waals surface area contributed by atoms with Crippen molar-refractivity contribution in [3.05, 3.63) is 40.6 Å². The molecule has 2 heterocycles. The van der Waals surface area contributed by atoms with Crippen LogP contribution in [0.1, 0.15) is 12.0 Å². The largest absolute Gasteiger partial charge is 1.00 e. The van der Waals surface area contributed by atoms with Gasteiger partial charge in [0.1, 0.15) is 16.8 Å². The van der Waals surface area contributed by atoms with Crippen molar-refractivity contribution >= 4 is 23.6 Å². The summed E-state index contributed by atoms with van der Waals surface area (Å²) in [5, 5.41) is 28.8. The summed E-state index contributed by atoms with van der Waals surface area (Å²) in [6, 6.07) is 8.15. The number of amides is 1. The number of hydrogen-bond donors (Lipinski definition) is 1. The zero-order chi connectivity index (χ0) is 16.6. The standard InChI is InChI=1S/C15H12N2O5S.Na/c16-7-8-1-3-9(4-2-8)22-15-11(14(20)21)17-12(19)10(5-6-18)13(17)23-15;/h1-4,10,13,18H,5-6H2,(H,20,21);/q;+1/p-1/t10-,13+;/m0./s1. The van der Waals surface area contributed by atoms with E-state index < -0.39 is 17.3 Å². The Bertz CT molecular complexity index is 743. The number of thioether (sulfide) groups is 1. The van der Waals surface area contributed by atoms with Crippen LogP contribution in [0.15, 0.2) is 35.1 Å². The molecule has 1 N–H and O–H groups in total. The van der Waals surface area contributed by atoms with Crippen LogP contribution in [0.3, 0.4) is 0 Å². The van der Waals surface area contributed by atoms with Crippen molar-refractivity contribution in [2.45, 2.75) is 11.8 Å². The van der Waals surface area contributed by atoms with E-state index in [2.05, 4.69) is 0 Å². The first-order valence-corrected chi connectivity index (χ1v) is 7.69. The Morgan fingerprint density at radius 3 is 2.62 bits per heavy atom. The van der Waals surface area contributed by atoms with Crippen LogP contribution in [-0.4, -0.2) is 33.9 Å². The normalized spacial score (nSPS) is 21.5. The smallest absolute Gasteiger partial charge is 0.543 e. The quantitative estimate of drug-likeness (QED) is 0.437. The number of hydrogen-bond acceptors (Lipinski definition) is 7. The van der Waals surface area contributed by atoms with Crippen molar-refractivity contribution in [1.29, 1.82) is 5.26 Å². The Hall–Kier alpha value is -1.50. The summed E-state index contributed by atoms with van der Waals surface area (Å²) in [6.45, 7) is -0.145. The van der Waals surface area contributed by atoms with Crippen LogP contribution in [0.2, 0.25) is 0 Å². The van der Waals surface area contributed by atoms with Crippen molar-refractivity contribution < 1.29 is 54.1 Å². The number of nitriles is 1. The van der Waals surface area contributed by atoms with E-state index >= 15 is 0 Å². The number of nitrogens with zero attached hydrogens (tertiary/aromatic N) is 2. The third kappa shape index (κ3) is 3.18. The molecule has 1 aromatic rings. The number of ether oxygens (including phenoxy) is 1. The molecule has 3 rings (SSSR count). The van der Waals surface area contributed by atoms with Gasteiger partial charge in [-0.25, -0.2) is 0 Å². The number of rotatable bonds is 5. The Morgan fingerprint density at radius 1 is 1.42 bits per heavy atom. The first kappa shape index (κ1) is 18.8. The van der Waals surface area contributed by atoms with Gasteiger partial charge in [0.25, 0.3) is 0 Å². The molecule has 1 aromatic carbocycles. The second-order valence-electron chi connectivity index (χ2n) is 5.00. The van der Waals surface area contributed by atoms with E-state index in [4.69, 9.17) is 15.1 Å². The number of aliphatic carboxylic acids is 1. The van der Waals surface area contributed by atoms with Gasteiger partial charge in [0.2, 0.25) is 5.91 Å². The van der Waals surface area contributed by atoms with Crippen LogP contribution in [-0.2, 0) is 9.59 Å². The fraction of sp³-hybridized carbons (Fsp3) is 0.267. The maximum atomic E-state index is 12.0. The van der Waals surface area contributed by atoms with Crippen molar-refractivity contribution in [3.63, 3.8) is 0 Å². The zero-order valence-electron chi connectivity index (χ0n) is 12.8. The van der Waals surface area contributed by atoms with Crippen molar-refractivity contribution in [2.24, 2.45) is 5.92 Å². The van der Waals surface area contributed by atoms with E-state index in [-0.39, 0.29) is 59.3 Å². The van der Waals surface area contributed by atoms with Crippen LogP contribution in [0.25, 0.3) is 0 Å². The monoisotopic (exact) mass is 354 g/mol. The molecule has 0 bridgehead atoms. The maximum Gasteiger partial charge on any atom is 1.00 e. The molecular formula is C15H11N2NaO5S. The van der Waals surface area contributed by atoms with E-state index in [0.29, 0.717) is 11.3 Å². The topological polar surface area (TPSA) is 114 Å². The minimum absolute atomic E-state index is 0. The van der Waals surface area contributed by atoms with Gasteiger partial charge in [-0.3, -0.25) is 9.69 Å². The van der Waals surface area contributed by atoms with E-state index in [1.54, 1.807) is 24.3 Å². The molecule has 1 saturated heterocycles. The molecule has 2 aliphatic rings. The number of fused-ring (bicyclic) bond motifs is 1. The second kappa shape index (κ2) is 7.59. The molecule has 0 aliphatic carbocycles. The number of aliphatic hydroxyl groups is 1. The third-order valence-corrected chi connectivity index (χ3v) is 4.91. The number of carboxylic acids is 1. The van der Waals surface area contributed by atoms with Gasteiger partial charge in [0, 0.05) is 6.61 Å². The van der Waals surface area contributed by atoms with Crippen LogP contribution in [0.5, 0.6) is 5.75 Å². The predicted octanol–water partition coefficient (Wildman–Crippen LogP) is -3.23. The van der Waals surface area contributed by atoms with Gasteiger partial charge in [-0.15, -0.1) is 0 Å². The van der Waals surface area contributed by atoms with Crippen molar-refractivity contribution in [3.8, 4) is 11.8 Å². The summed E-state index contributed by atoms with van der Waals surface area (Å²) in [7, 11) is 0. The number of carboxylic acid groups (broad SMARTS) is 1. The molecule has 2 atom stereocenters. The molecule has 9 heteroatoms. The molecule has 1 fully saturated rings. The van der Waals surface area contributed by atoms with E-state index in [1.807, 2.05) is 6.07 Å². The third-order valence-electron chi connectivity index (χ3n) is 3.64. The summed E-state index contributed by atoms with van der Waals surface area (Å²) < 4.78 is 5.56. The Labute approximate surface area is 164 Å². The molecule has 0 spiro atoms. The first-order valence-electron chi connectivity index (χ1n) is 6.81. The molecule has 0 radical (unpaired) electrons. The second-order valence-corrected chi connectivity index (χ2v) is 6.09. The van der Waals surface area contributed by atoms with Gasteiger partial charge in [-0.1, -0.05) is 11.8 Å². The number of β-lactam (4-membered cyclic amide) rings is 1. The zero-order valence-corrected chi connectivity index (χ0v) is 15.6. The fourth-order valence-corrected chi connectivity index (χ4v) is 3.91. The summed E-state index contributed by atoms with van der Waals surface area (Å²) in [6.07, 6.45) is 0.275. The molecule has 24 heavy (non-hydrogen) atoms. The molecule has 0 unspecified atom stereocenters. The summed E-state index contributed by atoms with van der Waals surface area (Å²) >= 11 is 1.12. The molecule has 7 nitrogen and oxygen atoms in total. The van der Waals surface area contributed by atoms with Gasteiger partial charge >= 0.3 is 29.6 Å². The Balaban J connectivity index is 0.00000208. The van der Waals surface area contributed by atoms with Crippen molar-refractivity contribution in [2.75, 3.05) is 6.61 Å². The number of benzene rings is 1. The number of aliphatic hydroxyl groups excluding tert-OH is 1. The molecule has 2 aliphatic heterocycles. The maximum absolute atomic E-state index is 12.0. The number of carbonyl (C=O) groups is 2. The van der Waals surface area contributed by atoms with Crippen molar-refractivity contribution in [1.82, 2.24) is 4.90 Å². The van der Waals surface area contributed by atoms with E-state index in [0.717, 1.165) is 16.7 Å². The predicted molar refractivity (Wildman–Crippen MR) is 77.2 cm³/mol. The molecule has 118 valence electrons. The van der Waals surface area contributed by atoms with Gasteiger partial charge in [0.05, 0.1) is 23.5 Å². The van der Waals surface area contributed by atoms with Crippen LogP contribution in [0, 0.1) is 17.2 Å².